The van der Waals surface area contributed by atoms with Crippen molar-refractivity contribution < 1.29 is 19.4 Å². The molecule has 2 rings (SSSR count). The van der Waals surface area contributed by atoms with E-state index in [1.807, 2.05) is 0 Å². The predicted molar refractivity (Wildman–Crippen MR) is 59.9 cm³/mol. The summed E-state index contributed by atoms with van der Waals surface area (Å²) < 4.78 is 5.48. The second kappa shape index (κ2) is 3.92. The van der Waals surface area contributed by atoms with Crippen molar-refractivity contribution in [3.8, 4) is 0 Å². The zero-order valence-corrected chi connectivity index (χ0v) is 10.2. The Morgan fingerprint density at radius 3 is 2.71 bits per heavy atom. The molecule has 0 saturated carbocycles. The van der Waals surface area contributed by atoms with Crippen molar-refractivity contribution >= 4 is 11.8 Å². The first-order valence-corrected chi connectivity index (χ1v) is 5.75. The number of carbonyl (C=O) groups excluding carboxylic acids is 2. The molecule has 0 aromatic carbocycles. The molecule has 4 atom stereocenters. The highest BCUT2D eigenvalue weighted by molar-refractivity contribution is 6.06. The van der Waals surface area contributed by atoms with Gasteiger partial charge in [0.25, 0.3) is 0 Å². The van der Waals surface area contributed by atoms with Gasteiger partial charge in [-0.05, 0) is 13.8 Å². The number of nitrogens with zero attached hydrogens (tertiary/aromatic N) is 1. The minimum atomic E-state index is -1.21. The average molecular weight is 239 g/mol. The number of rotatable bonds is 2. The quantitative estimate of drug-likeness (QED) is 0.541. The molecule has 0 aromatic rings. The third kappa shape index (κ3) is 1.70. The Kier molecular flexibility index (Phi) is 2.83. The molecule has 0 bridgehead atoms. The molecule has 2 aliphatic rings. The van der Waals surface area contributed by atoms with Crippen LogP contribution in [0.5, 0.6) is 0 Å². The van der Waals surface area contributed by atoms with Crippen LogP contribution >= 0.6 is 0 Å². The number of hydrogen-bond donors (Lipinski definition) is 1. The highest BCUT2D eigenvalue weighted by atomic mass is 16.5. The summed E-state index contributed by atoms with van der Waals surface area (Å²) in [5.74, 6) is -1.60. The van der Waals surface area contributed by atoms with E-state index in [2.05, 4.69) is 0 Å². The molecule has 1 heterocycles. The molecule has 0 radical (unpaired) electrons. The number of ether oxygens (including phenoxy) is 1. The third-order valence-corrected chi connectivity index (χ3v) is 3.51. The van der Waals surface area contributed by atoms with Crippen LogP contribution in [0.1, 0.15) is 13.8 Å². The highest BCUT2D eigenvalue weighted by Gasteiger charge is 2.55. The van der Waals surface area contributed by atoms with E-state index < -0.39 is 23.5 Å². The summed E-state index contributed by atoms with van der Waals surface area (Å²) in [7, 11) is 1.47. The molecule has 0 spiro atoms. The number of hydrogen-bond acceptors (Lipinski definition) is 4. The van der Waals surface area contributed by atoms with Gasteiger partial charge in [-0.15, -0.1) is 0 Å². The van der Waals surface area contributed by atoms with Gasteiger partial charge in [-0.2, -0.15) is 0 Å². The second-order valence-corrected chi connectivity index (χ2v) is 4.75. The lowest BCUT2D eigenvalue weighted by Crippen LogP contribution is -2.50. The third-order valence-electron chi connectivity index (χ3n) is 3.51. The fourth-order valence-corrected chi connectivity index (χ4v) is 2.59. The lowest BCUT2D eigenvalue weighted by Gasteiger charge is -2.37. The molecular formula is C12H17NO4. The fraction of sp³-hybridized carbons (Fsp3) is 0.667. The summed E-state index contributed by atoms with van der Waals surface area (Å²) in [5.41, 5.74) is -1.21. The van der Waals surface area contributed by atoms with Gasteiger partial charge in [-0.3, -0.25) is 14.5 Å². The van der Waals surface area contributed by atoms with E-state index in [-0.39, 0.29) is 11.8 Å². The molecule has 2 amide bonds. The maximum absolute atomic E-state index is 12.0. The number of amides is 2. The van der Waals surface area contributed by atoms with Crippen molar-refractivity contribution in [3.63, 3.8) is 0 Å². The molecule has 1 aliphatic heterocycles. The van der Waals surface area contributed by atoms with Crippen molar-refractivity contribution in [2.24, 2.45) is 11.8 Å². The molecule has 5 nitrogen and oxygen atoms in total. The minimum Gasteiger partial charge on any atom is -0.383 e. The molecule has 1 saturated heterocycles. The number of carbonyl (C=O) groups is 2. The number of fused-ring (bicyclic) bond motifs is 1. The van der Waals surface area contributed by atoms with Crippen molar-refractivity contribution in [1.29, 1.82) is 0 Å². The Balaban J connectivity index is 2.40. The van der Waals surface area contributed by atoms with Gasteiger partial charge in [-0.1, -0.05) is 12.2 Å². The van der Waals surface area contributed by atoms with Crippen LogP contribution in [0.4, 0.5) is 0 Å². The van der Waals surface area contributed by atoms with Gasteiger partial charge in [0.15, 0.2) is 0 Å². The first-order chi connectivity index (χ1) is 7.90. The molecule has 94 valence electrons. The molecular weight excluding hydrogens is 222 g/mol. The smallest absolute Gasteiger partial charge is 0.236 e. The van der Waals surface area contributed by atoms with Crippen molar-refractivity contribution in [2.75, 3.05) is 13.7 Å². The maximum Gasteiger partial charge on any atom is 0.236 e. The van der Waals surface area contributed by atoms with E-state index in [1.165, 1.54) is 7.05 Å². The molecule has 1 fully saturated rings. The molecule has 1 aliphatic carbocycles. The molecule has 17 heavy (non-hydrogen) atoms. The van der Waals surface area contributed by atoms with Crippen molar-refractivity contribution in [1.82, 2.24) is 4.90 Å². The SMILES string of the molecule is CCO[C@@H]1[C@@H]2C(=O)N(C)C(=O)[C@@H]2C=C[C@]1(C)O. The monoisotopic (exact) mass is 239 g/mol. The van der Waals surface area contributed by atoms with Gasteiger partial charge >= 0.3 is 0 Å². The second-order valence-electron chi connectivity index (χ2n) is 4.75. The minimum absolute atomic E-state index is 0.226. The van der Waals surface area contributed by atoms with Crippen molar-refractivity contribution in [3.05, 3.63) is 12.2 Å². The van der Waals surface area contributed by atoms with Gasteiger partial charge in [0.2, 0.25) is 11.8 Å². The largest absolute Gasteiger partial charge is 0.383 e. The van der Waals surface area contributed by atoms with Crippen molar-refractivity contribution in [2.45, 2.75) is 25.6 Å². The Morgan fingerprint density at radius 2 is 2.12 bits per heavy atom. The lowest BCUT2D eigenvalue weighted by molar-refractivity contribution is -0.146. The normalized spacial score (nSPS) is 40.9. The molecule has 5 heteroatoms. The molecule has 0 aromatic heterocycles. The predicted octanol–water partition coefficient (Wildman–Crippen LogP) is -0.0567. The van der Waals surface area contributed by atoms with E-state index in [0.29, 0.717) is 6.61 Å². The first-order valence-electron chi connectivity index (χ1n) is 5.75. The van der Waals surface area contributed by atoms with Crippen LogP contribution in [0, 0.1) is 11.8 Å². The maximum atomic E-state index is 12.0. The summed E-state index contributed by atoms with van der Waals surface area (Å²) in [6.07, 6.45) is 2.51. The van der Waals surface area contributed by atoms with E-state index in [0.717, 1.165) is 4.90 Å². The highest BCUT2D eigenvalue weighted by Crippen LogP contribution is 2.39. The van der Waals surface area contributed by atoms with E-state index in [4.69, 9.17) is 4.74 Å². The van der Waals surface area contributed by atoms with E-state index in [9.17, 15) is 14.7 Å². The summed E-state index contributed by atoms with van der Waals surface area (Å²) in [6, 6.07) is 0. The van der Waals surface area contributed by atoms with Crippen LogP contribution in [0.2, 0.25) is 0 Å². The topological polar surface area (TPSA) is 66.8 Å². The summed E-state index contributed by atoms with van der Waals surface area (Å²) in [6.45, 7) is 3.79. The Labute approximate surface area is 100 Å². The van der Waals surface area contributed by atoms with Crippen LogP contribution in [0.15, 0.2) is 12.2 Å². The summed E-state index contributed by atoms with van der Waals surface area (Å²) in [4.78, 5) is 24.9. The average Bonchev–Trinajstić information content (AvgIpc) is 2.48. The Morgan fingerprint density at radius 1 is 1.47 bits per heavy atom. The van der Waals surface area contributed by atoms with Gasteiger partial charge in [0.05, 0.1) is 11.8 Å². The van der Waals surface area contributed by atoms with Gasteiger partial charge in [0.1, 0.15) is 11.7 Å². The standard InChI is InChI=1S/C12H17NO4/c1-4-17-9-8-7(5-6-12(9,2)16)10(14)13(3)11(8)15/h5-9,16H,4H2,1-3H3/t7-,8-,9-,12+/m1/s1. The first kappa shape index (κ1) is 12.3. The van der Waals surface area contributed by atoms with Gasteiger partial charge < -0.3 is 9.84 Å². The van der Waals surface area contributed by atoms with Crippen LogP contribution < -0.4 is 0 Å². The molecule has 0 unspecified atom stereocenters. The number of aliphatic hydroxyl groups is 1. The lowest BCUT2D eigenvalue weighted by atomic mass is 9.76. The van der Waals surface area contributed by atoms with Crippen LogP contribution in [0.25, 0.3) is 0 Å². The van der Waals surface area contributed by atoms with Gasteiger partial charge in [0, 0.05) is 13.7 Å². The van der Waals surface area contributed by atoms with Crippen LogP contribution in [-0.4, -0.2) is 47.2 Å². The number of likely N-dealkylation sites (tertiary alicyclic amines) is 1. The molecule has 1 N–H and O–H groups in total. The summed E-state index contributed by atoms with van der Waals surface area (Å²) >= 11 is 0. The number of imide groups is 1. The zero-order valence-electron chi connectivity index (χ0n) is 10.2. The fourth-order valence-electron chi connectivity index (χ4n) is 2.59. The Hall–Kier alpha value is -1.20. The van der Waals surface area contributed by atoms with Crippen LogP contribution in [0.3, 0.4) is 0 Å². The van der Waals surface area contributed by atoms with Gasteiger partial charge in [-0.25, -0.2) is 0 Å². The zero-order chi connectivity index (χ0) is 12.8. The Bertz CT molecular complexity index is 388. The van der Waals surface area contributed by atoms with E-state index >= 15 is 0 Å². The summed E-state index contributed by atoms with van der Waals surface area (Å²) in [5, 5.41) is 10.2. The van der Waals surface area contributed by atoms with E-state index in [1.54, 1.807) is 26.0 Å². The van der Waals surface area contributed by atoms with Crippen LogP contribution in [-0.2, 0) is 14.3 Å².